The minimum Gasteiger partial charge on any atom is -0.207 e. The molecule has 16 heavy (non-hydrogen) atoms. The second kappa shape index (κ2) is 4.49. The first-order valence-corrected chi connectivity index (χ1v) is 7.55. The van der Waals surface area contributed by atoms with Crippen molar-refractivity contribution < 1.29 is 8.42 Å². The molecule has 0 atom stereocenters. The number of rotatable bonds is 3. The maximum Gasteiger partial charge on any atom is 0.242 e. The van der Waals surface area contributed by atoms with Crippen molar-refractivity contribution in [3.05, 3.63) is 14.7 Å². The fourth-order valence-electron chi connectivity index (χ4n) is 1.12. The highest BCUT2D eigenvalue weighted by molar-refractivity contribution is 9.11. The van der Waals surface area contributed by atoms with E-state index >= 15 is 0 Å². The molecule has 1 rings (SSSR count). The first-order valence-electron chi connectivity index (χ1n) is 4.45. The second-order valence-electron chi connectivity index (χ2n) is 3.85. The average molecular weight is 322 g/mol. The van der Waals surface area contributed by atoms with E-state index in [2.05, 4.69) is 26.6 Å². The summed E-state index contributed by atoms with van der Waals surface area (Å²) in [6, 6.07) is 1.58. The number of hydrogen-bond acceptors (Lipinski definition) is 3. The van der Waals surface area contributed by atoms with E-state index in [1.54, 1.807) is 26.8 Å². The Morgan fingerprint density at radius 1 is 1.56 bits per heavy atom. The number of hydrogen-bond donors (Lipinski definition) is 1. The Balaban J connectivity index is 3.15. The van der Waals surface area contributed by atoms with Crippen LogP contribution in [-0.2, 0) is 10.0 Å². The van der Waals surface area contributed by atoms with Crippen LogP contribution in [0.15, 0.2) is 14.7 Å². The maximum absolute atomic E-state index is 12.0. The van der Waals surface area contributed by atoms with E-state index in [1.807, 2.05) is 0 Å². The summed E-state index contributed by atoms with van der Waals surface area (Å²) in [7, 11) is -3.55. The molecule has 1 aromatic heterocycles. The molecule has 6 heteroatoms. The maximum atomic E-state index is 12.0. The van der Waals surface area contributed by atoms with Gasteiger partial charge in [-0.15, -0.1) is 17.8 Å². The number of thiophene rings is 1. The molecule has 0 saturated heterocycles. The van der Waals surface area contributed by atoms with Crippen molar-refractivity contribution >= 4 is 37.3 Å². The van der Waals surface area contributed by atoms with Crippen molar-refractivity contribution in [1.82, 2.24) is 4.72 Å². The molecule has 1 heterocycles. The van der Waals surface area contributed by atoms with E-state index in [4.69, 9.17) is 6.42 Å². The van der Waals surface area contributed by atoms with Crippen LogP contribution in [0, 0.1) is 19.3 Å². The highest BCUT2D eigenvalue weighted by atomic mass is 79.9. The van der Waals surface area contributed by atoms with Gasteiger partial charge in [-0.2, -0.15) is 4.72 Å². The van der Waals surface area contributed by atoms with Crippen LogP contribution >= 0.6 is 27.3 Å². The Bertz CT molecular complexity index is 538. The fourth-order valence-corrected chi connectivity index (χ4v) is 4.88. The quantitative estimate of drug-likeness (QED) is 0.869. The van der Waals surface area contributed by atoms with Crippen molar-refractivity contribution in [2.24, 2.45) is 0 Å². The summed E-state index contributed by atoms with van der Waals surface area (Å²) in [5.74, 6) is 2.39. The summed E-state index contributed by atoms with van der Waals surface area (Å²) in [6.07, 6.45) is 5.25. The third-order valence-corrected chi connectivity index (χ3v) is 5.35. The molecule has 0 aliphatic carbocycles. The van der Waals surface area contributed by atoms with E-state index in [0.717, 1.165) is 8.66 Å². The second-order valence-corrected chi connectivity index (χ2v) is 8.13. The van der Waals surface area contributed by atoms with Gasteiger partial charge in [0.25, 0.3) is 0 Å². The molecular weight excluding hydrogens is 310 g/mol. The van der Waals surface area contributed by atoms with E-state index in [-0.39, 0.29) is 4.90 Å². The highest BCUT2D eigenvalue weighted by Gasteiger charge is 2.26. The van der Waals surface area contributed by atoms with Gasteiger partial charge in [-0.05, 0) is 42.8 Å². The van der Waals surface area contributed by atoms with Crippen molar-refractivity contribution in [2.45, 2.75) is 31.2 Å². The first-order chi connectivity index (χ1) is 7.18. The van der Waals surface area contributed by atoms with Crippen LogP contribution in [0.3, 0.4) is 0 Å². The molecule has 0 radical (unpaired) electrons. The molecule has 0 aromatic carbocycles. The van der Waals surface area contributed by atoms with Crippen LogP contribution in [0.1, 0.15) is 18.7 Å². The summed E-state index contributed by atoms with van der Waals surface area (Å²) in [6.45, 7) is 5.04. The van der Waals surface area contributed by atoms with Gasteiger partial charge >= 0.3 is 0 Å². The van der Waals surface area contributed by atoms with Gasteiger partial charge in [0.15, 0.2) is 0 Å². The molecule has 3 nitrogen and oxygen atoms in total. The zero-order valence-corrected chi connectivity index (χ0v) is 12.4. The smallest absolute Gasteiger partial charge is 0.207 e. The summed E-state index contributed by atoms with van der Waals surface area (Å²) in [4.78, 5) is 1.000. The fraction of sp³-hybridized carbons (Fsp3) is 0.400. The lowest BCUT2D eigenvalue weighted by molar-refractivity contribution is 0.539. The minimum atomic E-state index is -3.55. The zero-order chi connectivity index (χ0) is 12.6. The summed E-state index contributed by atoms with van der Waals surface area (Å²) in [5.41, 5.74) is -0.889. The standard InChI is InChI=1S/C10H12BrNO2S2/c1-5-10(3,4)12-16(13,14)8-6-9(11)15-7(8)2/h1,6,12H,2-4H3. The van der Waals surface area contributed by atoms with E-state index in [9.17, 15) is 8.42 Å². The number of sulfonamides is 1. The van der Waals surface area contributed by atoms with Gasteiger partial charge in [-0.3, -0.25) is 0 Å². The zero-order valence-electron chi connectivity index (χ0n) is 9.17. The molecule has 0 saturated carbocycles. The van der Waals surface area contributed by atoms with Crippen LogP contribution in [0.4, 0.5) is 0 Å². The molecule has 0 fully saturated rings. The number of aryl methyl sites for hydroxylation is 1. The Hall–Kier alpha value is -0.350. The SMILES string of the molecule is C#CC(C)(C)NS(=O)(=O)c1cc(Br)sc1C. The van der Waals surface area contributed by atoms with Crippen molar-refractivity contribution in [2.75, 3.05) is 0 Å². The summed E-state index contributed by atoms with van der Waals surface area (Å²) < 4.78 is 27.3. The third-order valence-electron chi connectivity index (χ3n) is 1.88. The minimum absolute atomic E-state index is 0.271. The Morgan fingerprint density at radius 3 is 2.50 bits per heavy atom. The average Bonchev–Trinajstić information content (AvgIpc) is 2.44. The van der Waals surface area contributed by atoms with Crippen LogP contribution in [-0.4, -0.2) is 14.0 Å². The van der Waals surface area contributed by atoms with E-state index < -0.39 is 15.6 Å². The third kappa shape index (κ3) is 3.08. The van der Waals surface area contributed by atoms with Gasteiger partial charge in [0.05, 0.1) is 14.2 Å². The van der Waals surface area contributed by atoms with Crippen molar-refractivity contribution in [3.63, 3.8) is 0 Å². The monoisotopic (exact) mass is 321 g/mol. The van der Waals surface area contributed by atoms with Gasteiger partial charge in [-0.25, -0.2) is 8.42 Å². The van der Waals surface area contributed by atoms with Gasteiger partial charge in [-0.1, -0.05) is 5.92 Å². The highest BCUT2D eigenvalue weighted by Crippen LogP contribution is 2.30. The lowest BCUT2D eigenvalue weighted by Crippen LogP contribution is -2.42. The normalized spacial score (nSPS) is 12.4. The lowest BCUT2D eigenvalue weighted by Gasteiger charge is -2.19. The van der Waals surface area contributed by atoms with Crippen LogP contribution in [0.2, 0.25) is 0 Å². The molecule has 0 amide bonds. The van der Waals surface area contributed by atoms with Gasteiger partial charge in [0.2, 0.25) is 10.0 Å². The predicted octanol–water partition coefficient (Wildman–Crippen LogP) is 2.51. The molecule has 88 valence electrons. The van der Waals surface area contributed by atoms with Crippen molar-refractivity contribution in [3.8, 4) is 12.3 Å². The van der Waals surface area contributed by atoms with Crippen LogP contribution < -0.4 is 4.72 Å². The van der Waals surface area contributed by atoms with Gasteiger partial charge < -0.3 is 0 Å². The first kappa shape index (κ1) is 13.7. The molecule has 1 aromatic rings. The molecule has 0 aliphatic rings. The van der Waals surface area contributed by atoms with E-state index in [0.29, 0.717) is 0 Å². The molecule has 0 unspecified atom stereocenters. The Kier molecular flexibility index (Phi) is 3.85. The molecular formula is C10H12BrNO2S2. The predicted molar refractivity (Wildman–Crippen MR) is 70.0 cm³/mol. The van der Waals surface area contributed by atoms with E-state index in [1.165, 1.54) is 11.3 Å². The number of terminal acetylenes is 1. The topological polar surface area (TPSA) is 46.2 Å². The lowest BCUT2D eigenvalue weighted by atomic mass is 10.1. The largest absolute Gasteiger partial charge is 0.242 e. The molecule has 0 bridgehead atoms. The van der Waals surface area contributed by atoms with Crippen LogP contribution in [0.5, 0.6) is 0 Å². The molecule has 1 N–H and O–H groups in total. The summed E-state index contributed by atoms with van der Waals surface area (Å²) in [5, 5.41) is 0. The van der Waals surface area contributed by atoms with Gasteiger partial charge in [0, 0.05) is 4.88 Å². The molecule has 0 spiro atoms. The number of nitrogens with one attached hydrogen (secondary N) is 1. The van der Waals surface area contributed by atoms with Crippen molar-refractivity contribution in [1.29, 1.82) is 0 Å². The van der Waals surface area contributed by atoms with Crippen LogP contribution in [0.25, 0.3) is 0 Å². The molecule has 0 aliphatic heterocycles. The number of halogens is 1. The summed E-state index contributed by atoms with van der Waals surface area (Å²) >= 11 is 4.63. The van der Waals surface area contributed by atoms with Gasteiger partial charge in [0.1, 0.15) is 0 Å². The Morgan fingerprint density at radius 2 is 2.12 bits per heavy atom. The Labute approximate surface area is 108 Å².